The molecule has 0 spiro atoms. The zero-order chi connectivity index (χ0) is 16.7. The number of para-hydroxylation sites is 1. The first-order valence-electron chi connectivity index (χ1n) is 7.34. The number of nitrogens with one attached hydrogen (secondary N) is 1. The van der Waals surface area contributed by atoms with Gasteiger partial charge in [0.2, 0.25) is 5.91 Å². The second kappa shape index (κ2) is 8.99. The molecular formula is C18H20BrNO2S. The molecule has 1 atom stereocenters. The first kappa shape index (κ1) is 17.9. The highest BCUT2D eigenvalue weighted by Gasteiger charge is 2.13. The minimum atomic E-state index is -0.0769. The molecule has 0 unspecified atom stereocenters. The van der Waals surface area contributed by atoms with Gasteiger partial charge in [0.1, 0.15) is 5.75 Å². The van der Waals surface area contributed by atoms with Crippen LogP contribution in [0.1, 0.15) is 24.1 Å². The van der Waals surface area contributed by atoms with Gasteiger partial charge < -0.3 is 10.1 Å². The third-order valence-electron chi connectivity index (χ3n) is 3.40. The largest absolute Gasteiger partial charge is 0.496 e. The van der Waals surface area contributed by atoms with Crippen LogP contribution in [0.2, 0.25) is 0 Å². The summed E-state index contributed by atoms with van der Waals surface area (Å²) in [4.78, 5) is 12.1. The Morgan fingerprint density at radius 1 is 1.22 bits per heavy atom. The van der Waals surface area contributed by atoms with Crippen molar-refractivity contribution in [3.05, 3.63) is 64.1 Å². The normalized spacial score (nSPS) is 11.8. The molecule has 0 aliphatic rings. The highest BCUT2D eigenvalue weighted by Crippen LogP contribution is 2.24. The van der Waals surface area contributed by atoms with Crippen molar-refractivity contribution < 1.29 is 9.53 Å². The molecular weight excluding hydrogens is 374 g/mol. The lowest BCUT2D eigenvalue weighted by molar-refractivity contribution is -0.119. The summed E-state index contributed by atoms with van der Waals surface area (Å²) in [6.07, 6.45) is 0. The van der Waals surface area contributed by atoms with Crippen molar-refractivity contribution in [1.82, 2.24) is 5.32 Å². The number of carbonyl (C=O) groups is 1. The molecule has 0 radical (unpaired) electrons. The Morgan fingerprint density at radius 2 is 1.91 bits per heavy atom. The Kier molecular flexibility index (Phi) is 6.99. The lowest BCUT2D eigenvalue weighted by atomic mass is 10.1. The smallest absolute Gasteiger partial charge is 0.230 e. The molecule has 0 bridgehead atoms. The maximum absolute atomic E-state index is 12.1. The molecule has 1 N–H and O–H groups in total. The zero-order valence-corrected chi connectivity index (χ0v) is 15.6. The summed E-state index contributed by atoms with van der Waals surface area (Å²) in [7, 11) is 1.64. The van der Waals surface area contributed by atoms with Crippen LogP contribution in [-0.2, 0) is 10.5 Å². The highest BCUT2D eigenvalue weighted by atomic mass is 79.9. The second-order valence-corrected chi connectivity index (χ2v) is 7.05. The third-order valence-corrected chi connectivity index (χ3v) is 4.93. The summed E-state index contributed by atoms with van der Waals surface area (Å²) in [6, 6.07) is 15.8. The van der Waals surface area contributed by atoms with Gasteiger partial charge in [0.25, 0.3) is 0 Å². The Hall–Kier alpha value is -1.46. The molecule has 0 heterocycles. The average molecular weight is 394 g/mol. The molecule has 2 aromatic carbocycles. The van der Waals surface area contributed by atoms with Gasteiger partial charge in [-0.1, -0.05) is 46.3 Å². The van der Waals surface area contributed by atoms with Crippen LogP contribution in [0.4, 0.5) is 0 Å². The quantitative estimate of drug-likeness (QED) is 0.748. The van der Waals surface area contributed by atoms with Gasteiger partial charge in [0, 0.05) is 15.8 Å². The number of hydrogen-bond donors (Lipinski definition) is 1. The van der Waals surface area contributed by atoms with Crippen LogP contribution in [0.3, 0.4) is 0 Å². The second-order valence-electron chi connectivity index (χ2n) is 5.15. The van der Waals surface area contributed by atoms with Crippen molar-refractivity contribution in [2.45, 2.75) is 18.7 Å². The van der Waals surface area contributed by atoms with Crippen LogP contribution < -0.4 is 10.1 Å². The number of halogens is 1. The van der Waals surface area contributed by atoms with Gasteiger partial charge in [-0.15, -0.1) is 11.8 Å². The SMILES string of the molecule is COc1ccccc1[C@H](C)NC(=O)CSCc1ccc(Br)cc1. The first-order chi connectivity index (χ1) is 11.1. The molecule has 0 aliphatic carbocycles. The number of hydrogen-bond acceptors (Lipinski definition) is 3. The number of thioether (sulfide) groups is 1. The Bertz CT molecular complexity index is 646. The van der Waals surface area contributed by atoms with E-state index in [1.807, 2.05) is 43.3 Å². The van der Waals surface area contributed by atoms with Crippen molar-refractivity contribution in [2.24, 2.45) is 0 Å². The van der Waals surface area contributed by atoms with E-state index in [1.165, 1.54) is 5.56 Å². The summed E-state index contributed by atoms with van der Waals surface area (Å²) < 4.78 is 6.40. The molecule has 122 valence electrons. The van der Waals surface area contributed by atoms with E-state index in [1.54, 1.807) is 18.9 Å². The standard InChI is InChI=1S/C18H20BrNO2S/c1-13(16-5-3-4-6-17(16)22-2)20-18(21)12-23-11-14-7-9-15(19)10-8-14/h3-10,13H,11-12H2,1-2H3,(H,20,21)/t13-/m0/s1. The van der Waals surface area contributed by atoms with E-state index < -0.39 is 0 Å². The molecule has 0 saturated carbocycles. The highest BCUT2D eigenvalue weighted by molar-refractivity contribution is 9.10. The number of amides is 1. The molecule has 0 fully saturated rings. The van der Waals surface area contributed by atoms with E-state index in [0.717, 1.165) is 21.5 Å². The van der Waals surface area contributed by atoms with Crippen LogP contribution >= 0.6 is 27.7 Å². The van der Waals surface area contributed by atoms with E-state index in [-0.39, 0.29) is 11.9 Å². The minimum absolute atomic E-state index is 0.0329. The van der Waals surface area contributed by atoms with Gasteiger partial charge in [-0.2, -0.15) is 0 Å². The van der Waals surface area contributed by atoms with Crippen molar-refractivity contribution in [1.29, 1.82) is 0 Å². The summed E-state index contributed by atoms with van der Waals surface area (Å²) in [5.74, 6) is 2.09. The van der Waals surface area contributed by atoms with Crippen molar-refractivity contribution >= 4 is 33.6 Å². The Morgan fingerprint density at radius 3 is 2.61 bits per heavy atom. The van der Waals surface area contributed by atoms with E-state index in [0.29, 0.717) is 5.75 Å². The summed E-state index contributed by atoms with van der Waals surface area (Å²) in [5, 5.41) is 3.02. The van der Waals surface area contributed by atoms with Crippen molar-refractivity contribution in [3.8, 4) is 5.75 Å². The maximum Gasteiger partial charge on any atom is 0.230 e. The van der Waals surface area contributed by atoms with E-state index in [2.05, 4.69) is 33.4 Å². The van der Waals surface area contributed by atoms with Gasteiger partial charge in [-0.25, -0.2) is 0 Å². The first-order valence-corrected chi connectivity index (χ1v) is 9.29. The maximum atomic E-state index is 12.1. The van der Waals surface area contributed by atoms with Gasteiger partial charge in [-0.05, 0) is 30.7 Å². The van der Waals surface area contributed by atoms with Crippen molar-refractivity contribution in [2.75, 3.05) is 12.9 Å². The lowest BCUT2D eigenvalue weighted by Gasteiger charge is -2.17. The van der Waals surface area contributed by atoms with Gasteiger partial charge >= 0.3 is 0 Å². The van der Waals surface area contributed by atoms with Crippen LogP contribution in [0, 0.1) is 0 Å². The number of benzene rings is 2. The van der Waals surface area contributed by atoms with Crippen molar-refractivity contribution in [3.63, 3.8) is 0 Å². The van der Waals surface area contributed by atoms with Crippen LogP contribution in [-0.4, -0.2) is 18.8 Å². The Balaban J connectivity index is 1.81. The predicted molar refractivity (Wildman–Crippen MR) is 99.9 cm³/mol. The fraction of sp³-hybridized carbons (Fsp3) is 0.278. The third kappa shape index (κ3) is 5.59. The molecule has 3 nitrogen and oxygen atoms in total. The fourth-order valence-corrected chi connectivity index (χ4v) is 3.29. The Labute approximate surface area is 149 Å². The van der Waals surface area contributed by atoms with Crippen LogP contribution in [0.25, 0.3) is 0 Å². The van der Waals surface area contributed by atoms with Gasteiger partial charge in [0.15, 0.2) is 0 Å². The summed E-state index contributed by atoms with van der Waals surface area (Å²) in [5.41, 5.74) is 2.20. The molecule has 23 heavy (non-hydrogen) atoms. The number of methoxy groups -OCH3 is 1. The fourth-order valence-electron chi connectivity index (χ4n) is 2.23. The topological polar surface area (TPSA) is 38.3 Å². The predicted octanol–water partition coefficient (Wildman–Crippen LogP) is 4.57. The van der Waals surface area contributed by atoms with Crippen LogP contribution in [0.5, 0.6) is 5.75 Å². The van der Waals surface area contributed by atoms with Gasteiger partial charge in [-0.3, -0.25) is 4.79 Å². The molecule has 2 aromatic rings. The zero-order valence-electron chi connectivity index (χ0n) is 13.2. The molecule has 0 aromatic heterocycles. The van der Waals surface area contributed by atoms with Gasteiger partial charge in [0.05, 0.1) is 18.9 Å². The van der Waals surface area contributed by atoms with Crippen LogP contribution in [0.15, 0.2) is 53.0 Å². The number of rotatable bonds is 7. The molecule has 0 aliphatic heterocycles. The number of carbonyl (C=O) groups excluding carboxylic acids is 1. The molecule has 1 amide bonds. The molecule has 2 rings (SSSR count). The number of ether oxygens (including phenoxy) is 1. The van der Waals surface area contributed by atoms with E-state index in [9.17, 15) is 4.79 Å². The lowest BCUT2D eigenvalue weighted by Crippen LogP contribution is -2.28. The molecule has 0 saturated heterocycles. The summed E-state index contributed by atoms with van der Waals surface area (Å²) in [6.45, 7) is 1.97. The monoisotopic (exact) mass is 393 g/mol. The molecule has 5 heteroatoms. The van der Waals surface area contributed by atoms with E-state index >= 15 is 0 Å². The average Bonchev–Trinajstić information content (AvgIpc) is 2.56. The summed E-state index contributed by atoms with van der Waals surface area (Å²) >= 11 is 5.03. The van der Waals surface area contributed by atoms with E-state index in [4.69, 9.17) is 4.74 Å². The minimum Gasteiger partial charge on any atom is -0.496 e.